The van der Waals surface area contributed by atoms with Crippen LogP contribution in [0, 0.1) is 0 Å². The van der Waals surface area contributed by atoms with E-state index in [9.17, 15) is 13.2 Å². The second-order valence-corrected chi connectivity index (χ2v) is 10.4. The molecule has 1 amide bonds. The van der Waals surface area contributed by atoms with Gasteiger partial charge < -0.3 is 5.32 Å². The van der Waals surface area contributed by atoms with E-state index in [2.05, 4.69) is 10.3 Å². The third-order valence-electron chi connectivity index (χ3n) is 4.67. The van der Waals surface area contributed by atoms with Crippen LogP contribution >= 0.6 is 23.4 Å². The van der Waals surface area contributed by atoms with E-state index >= 15 is 0 Å². The summed E-state index contributed by atoms with van der Waals surface area (Å²) in [5.74, 6) is -0.313. The zero-order valence-electron chi connectivity index (χ0n) is 14.9. The van der Waals surface area contributed by atoms with Gasteiger partial charge in [0, 0.05) is 21.5 Å². The number of fused-ring (bicyclic) bond motifs is 2. The Kier molecular flexibility index (Phi) is 5.07. The lowest BCUT2D eigenvalue weighted by Gasteiger charge is -2.17. The van der Waals surface area contributed by atoms with Gasteiger partial charge in [0.2, 0.25) is 5.91 Å². The van der Waals surface area contributed by atoms with Gasteiger partial charge in [0.1, 0.15) is 0 Å². The molecule has 144 valence electrons. The molecule has 1 aromatic heterocycles. The third-order valence-corrected chi connectivity index (χ3v) is 7.90. The van der Waals surface area contributed by atoms with E-state index in [-0.39, 0.29) is 11.7 Å². The van der Waals surface area contributed by atoms with Crippen LogP contribution in [0.3, 0.4) is 0 Å². The number of hydrogen-bond donors (Lipinski definition) is 1. The first-order valence-electron chi connectivity index (χ1n) is 8.68. The zero-order valence-corrected chi connectivity index (χ0v) is 17.3. The second kappa shape index (κ2) is 7.39. The maximum Gasteiger partial charge on any atom is 0.233 e. The van der Waals surface area contributed by atoms with Gasteiger partial charge in [-0.1, -0.05) is 35.9 Å². The molecule has 0 aliphatic carbocycles. The van der Waals surface area contributed by atoms with Crippen LogP contribution in [-0.2, 0) is 14.6 Å². The summed E-state index contributed by atoms with van der Waals surface area (Å²) in [5, 5.41) is 4.01. The monoisotopic (exact) mass is 432 g/mol. The van der Waals surface area contributed by atoms with Crippen molar-refractivity contribution >= 4 is 50.0 Å². The minimum atomic E-state index is -3.36. The molecule has 0 radical (unpaired) electrons. The van der Waals surface area contributed by atoms with Gasteiger partial charge >= 0.3 is 0 Å². The fourth-order valence-corrected chi connectivity index (χ4v) is 6.20. The second-order valence-electron chi connectivity index (χ2n) is 6.61. The Balaban J connectivity index is 1.53. The van der Waals surface area contributed by atoms with Gasteiger partial charge in [0.25, 0.3) is 0 Å². The summed E-state index contributed by atoms with van der Waals surface area (Å²) in [6.45, 7) is 1.80. The van der Waals surface area contributed by atoms with E-state index in [1.54, 1.807) is 49.5 Å². The molecule has 8 heteroatoms. The quantitative estimate of drug-likeness (QED) is 0.630. The van der Waals surface area contributed by atoms with E-state index in [0.717, 1.165) is 15.8 Å². The number of pyridine rings is 1. The van der Waals surface area contributed by atoms with Crippen molar-refractivity contribution in [1.82, 2.24) is 10.3 Å². The van der Waals surface area contributed by atoms with Crippen molar-refractivity contribution in [3.8, 4) is 0 Å². The summed E-state index contributed by atoms with van der Waals surface area (Å²) < 4.78 is 24.6. The Hall–Kier alpha value is -2.09. The van der Waals surface area contributed by atoms with Gasteiger partial charge in [-0.15, -0.1) is 11.8 Å². The first kappa shape index (κ1) is 19.2. The van der Waals surface area contributed by atoms with Crippen LogP contribution < -0.4 is 5.32 Å². The SMILES string of the molecule is CC(Sc1ccnc2cc(Cl)ccc12)C(=O)NC1CS(=O)(=O)c2ccccc21. The Bertz CT molecular complexity index is 1180. The molecule has 1 N–H and O–H groups in total. The van der Waals surface area contributed by atoms with Gasteiger partial charge in [-0.2, -0.15) is 0 Å². The van der Waals surface area contributed by atoms with Crippen molar-refractivity contribution in [2.45, 2.75) is 28.0 Å². The highest BCUT2D eigenvalue weighted by molar-refractivity contribution is 8.00. The van der Waals surface area contributed by atoms with Crippen LogP contribution in [0.4, 0.5) is 0 Å². The third kappa shape index (κ3) is 3.62. The Morgan fingerprint density at radius 3 is 2.86 bits per heavy atom. The molecule has 1 aliphatic heterocycles. The molecule has 2 atom stereocenters. The van der Waals surface area contributed by atoms with Gasteiger partial charge in [0.15, 0.2) is 9.84 Å². The molecule has 2 unspecified atom stereocenters. The maximum absolute atomic E-state index is 12.8. The summed E-state index contributed by atoms with van der Waals surface area (Å²) in [5.41, 5.74) is 1.41. The summed E-state index contributed by atoms with van der Waals surface area (Å²) in [6.07, 6.45) is 1.69. The molecule has 2 heterocycles. The fourth-order valence-electron chi connectivity index (χ4n) is 3.30. The highest BCUT2D eigenvalue weighted by Crippen LogP contribution is 2.34. The number of carbonyl (C=O) groups excluding carboxylic acids is 1. The average Bonchev–Trinajstić information content (AvgIpc) is 2.92. The first-order chi connectivity index (χ1) is 13.3. The number of thioether (sulfide) groups is 1. The normalized spacial score (nSPS) is 18.6. The molecule has 28 heavy (non-hydrogen) atoms. The molecule has 0 bridgehead atoms. The van der Waals surface area contributed by atoms with Crippen molar-refractivity contribution < 1.29 is 13.2 Å². The Morgan fingerprint density at radius 1 is 1.25 bits per heavy atom. The number of aromatic nitrogens is 1. The molecule has 0 spiro atoms. The minimum absolute atomic E-state index is 0.105. The lowest BCUT2D eigenvalue weighted by Crippen LogP contribution is -2.35. The van der Waals surface area contributed by atoms with Crippen LogP contribution in [-0.4, -0.2) is 30.3 Å². The van der Waals surface area contributed by atoms with E-state index in [1.165, 1.54) is 11.8 Å². The number of hydrogen-bond acceptors (Lipinski definition) is 5. The van der Waals surface area contributed by atoms with Crippen molar-refractivity contribution in [3.63, 3.8) is 0 Å². The molecule has 2 aromatic carbocycles. The fraction of sp³-hybridized carbons (Fsp3) is 0.200. The standard InChI is InChI=1S/C20H17ClN2O3S2/c1-12(27-18-8-9-22-16-10-13(21)6-7-14(16)18)20(24)23-17-11-28(25,26)19-5-3-2-4-15(17)19/h2-10,12,17H,11H2,1H3,(H,23,24). The highest BCUT2D eigenvalue weighted by atomic mass is 35.5. The van der Waals surface area contributed by atoms with Crippen molar-refractivity contribution in [2.24, 2.45) is 0 Å². The number of benzene rings is 2. The molecular formula is C20H17ClN2O3S2. The van der Waals surface area contributed by atoms with E-state index in [0.29, 0.717) is 15.5 Å². The number of nitrogens with zero attached hydrogens (tertiary/aromatic N) is 1. The van der Waals surface area contributed by atoms with Gasteiger partial charge in [0.05, 0.1) is 27.5 Å². The van der Waals surface area contributed by atoms with Crippen molar-refractivity contribution in [2.75, 3.05) is 5.75 Å². The van der Waals surface area contributed by atoms with Gasteiger partial charge in [-0.3, -0.25) is 9.78 Å². The zero-order chi connectivity index (χ0) is 19.9. The number of rotatable bonds is 4. The topological polar surface area (TPSA) is 76.1 Å². The molecule has 1 aliphatic rings. The summed E-state index contributed by atoms with van der Waals surface area (Å²) >= 11 is 7.43. The van der Waals surface area contributed by atoms with Crippen LogP contribution in [0.5, 0.6) is 0 Å². The smallest absolute Gasteiger partial charge is 0.233 e. The van der Waals surface area contributed by atoms with E-state index in [1.807, 2.05) is 12.1 Å². The number of carbonyl (C=O) groups is 1. The Labute approximate surface area is 172 Å². The molecule has 0 saturated carbocycles. The van der Waals surface area contributed by atoms with Gasteiger partial charge in [-0.05, 0) is 36.8 Å². The van der Waals surface area contributed by atoms with Crippen LogP contribution in [0.2, 0.25) is 5.02 Å². The number of sulfone groups is 1. The molecule has 0 fully saturated rings. The summed E-state index contributed by atoms with van der Waals surface area (Å²) in [6, 6.07) is 13.6. The first-order valence-corrected chi connectivity index (χ1v) is 11.6. The molecule has 4 rings (SSSR count). The van der Waals surface area contributed by atoms with E-state index in [4.69, 9.17) is 11.6 Å². The lowest BCUT2D eigenvalue weighted by molar-refractivity contribution is -0.120. The largest absolute Gasteiger partial charge is 0.347 e. The van der Waals surface area contributed by atoms with Crippen molar-refractivity contribution in [1.29, 1.82) is 0 Å². The summed E-state index contributed by atoms with van der Waals surface area (Å²) in [7, 11) is -3.36. The Morgan fingerprint density at radius 2 is 2.04 bits per heavy atom. The minimum Gasteiger partial charge on any atom is -0.347 e. The number of amides is 1. The van der Waals surface area contributed by atoms with Crippen molar-refractivity contribution in [3.05, 3.63) is 65.3 Å². The lowest BCUT2D eigenvalue weighted by atomic mass is 10.1. The van der Waals surface area contributed by atoms with Gasteiger partial charge in [-0.25, -0.2) is 8.42 Å². The van der Waals surface area contributed by atoms with Crippen LogP contribution in [0.15, 0.2) is 64.5 Å². The van der Waals surface area contributed by atoms with Crippen LogP contribution in [0.1, 0.15) is 18.5 Å². The predicted octanol–water partition coefficient (Wildman–Crippen LogP) is 4.01. The highest BCUT2D eigenvalue weighted by Gasteiger charge is 2.35. The van der Waals surface area contributed by atoms with Crippen LogP contribution in [0.25, 0.3) is 10.9 Å². The summed E-state index contributed by atoms with van der Waals surface area (Å²) in [4.78, 5) is 18.3. The predicted molar refractivity (Wildman–Crippen MR) is 111 cm³/mol. The molecule has 3 aromatic rings. The maximum atomic E-state index is 12.8. The van der Waals surface area contributed by atoms with E-state index < -0.39 is 21.1 Å². The molecular weight excluding hydrogens is 416 g/mol. The number of halogens is 1. The molecule has 5 nitrogen and oxygen atoms in total. The molecule has 0 saturated heterocycles. The number of nitrogens with one attached hydrogen (secondary N) is 1. The average molecular weight is 433 g/mol.